The van der Waals surface area contributed by atoms with Crippen molar-refractivity contribution in [2.45, 2.75) is 31.2 Å². The molecule has 3 N–H and O–H groups in total. The van der Waals surface area contributed by atoms with Gasteiger partial charge in [-0.2, -0.15) is 0 Å². The number of fused-ring (bicyclic) bond motifs is 1. The smallest absolute Gasteiger partial charge is 0.165 e. The topological polar surface area (TPSA) is 76.4 Å². The zero-order valence-electron chi connectivity index (χ0n) is 9.58. The van der Waals surface area contributed by atoms with Crippen LogP contribution in [0.2, 0.25) is 0 Å². The van der Waals surface area contributed by atoms with E-state index in [1.807, 2.05) is 22.7 Å². The van der Waals surface area contributed by atoms with E-state index < -0.39 is 6.04 Å². The molecule has 5 nitrogen and oxygen atoms in total. The number of nitrogens with zero attached hydrogens (tertiary/aromatic N) is 3. The SMILES string of the molecule is NC(CO)c1cccn2c(C3CCC3)nnc12. The van der Waals surface area contributed by atoms with Crippen molar-refractivity contribution >= 4 is 5.65 Å². The molecule has 1 unspecified atom stereocenters. The van der Waals surface area contributed by atoms with Crippen molar-refractivity contribution < 1.29 is 5.11 Å². The van der Waals surface area contributed by atoms with Crippen molar-refractivity contribution in [1.29, 1.82) is 0 Å². The molecule has 3 rings (SSSR count). The molecule has 0 bridgehead atoms. The van der Waals surface area contributed by atoms with E-state index in [1.54, 1.807) is 0 Å². The zero-order chi connectivity index (χ0) is 11.8. The van der Waals surface area contributed by atoms with Gasteiger partial charge in [0, 0.05) is 17.7 Å². The van der Waals surface area contributed by atoms with Gasteiger partial charge in [-0.05, 0) is 18.9 Å². The number of aliphatic hydroxyl groups excluding tert-OH is 1. The molecule has 1 fully saturated rings. The highest BCUT2D eigenvalue weighted by Gasteiger charge is 2.25. The Bertz CT molecular complexity index is 532. The van der Waals surface area contributed by atoms with E-state index >= 15 is 0 Å². The highest BCUT2D eigenvalue weighted by atomic mass is 16.3. The maximum Gasteiger partial charge on any atom is 0.165 e. The van der Waals surface area contributed by atoms with Crippen LogP contribution in [-0.4, -0.2) is 26.3 Å². The first-order valence-corrected chi connectivity index (χ1v) is 6.01. The van der Waals surface area contributed by atoms with Crippen LogP contribution < -0.4 is 5.73 Å². The maximum atomic E-state index is 9.14. The Morgan fingerprint density at radius 3 is 2.94 bits per heavy atom. The molecular weight excluding hydrogens is 216 g/mol. The molecule has 5 heteroatoms. The molecule has 0 aromatic carbocycles. The van der Waals surface area contributed by atoms with Crippen molar-refractivity contribution in [3.63, 3.8) is 0 Å². The standard InChI is InChI=1S/C12H16N4O/c13-10(7-17)9-5-2-6-16-11(8-3-1-4-8)14-15-12(9)16/h2,5-6,8,10,17H,1,3-4,7,13H2. The Balaban J connectivity index is 2.11. The highest BCUT2D eigenvalue weighted by molar-refractivity contribution is 5.49. The van der Waals surface area contributed by atoms with Crippen LogP contribution in [0, 0.1) is 0 Å². The minimum absolute atomic E-state index is 0.0781. The summed E-state index contributed by atoms with van der Waals surface area (Å²) >= 11 is 0. The van der Waals surface area contributed by atoms with Crippen LogP contribution in [0.5, 0.6) is 0 Å². The third kappa shape index (κ3) is 1.62. The lowest BCUT2D eigenvalue weighted by atomic mass is 9.85. The largest absolute Gasteiger partial charge is 0.394 e. The van der Waals surface area contributed by atoms with Crippen molar-refractivity contribution in [1.82, 2.24) is 14.6 Å². The number of aliphatic hydroxyl groups is 1. The van der Waals surface area contributed by atoms with Gasteiger partial charge in [0.05, 0.1) is 12.6 Å². The Morgan fingerprint density at radius 1 is 1.47 bits per heavy atom. The van der Waals surface area contributed by atoms with Gasteiger partial charge < -0.3 is 10.8 Å². The molecule has 0 aliphatic heterocycles. The number of hydrogen-bond acceptors (Lipinski definition) is 4. The minimum Gasteiger partial charge on any atom is -0.394 e. The fourth-order valence-corrected chi connectivity index (χ4v) is 2.29. The molecule has 0 amide bonds. The van der Waals surface area contributed by atoms with Gasteiger partial charge in [-0.1, -0.05) is 12.5 Å². The van der Waals surface area contributed by atoms with Crippen LogP contribution in [0.15, 0.2) is 18.3 Å². The van der Waals surface area contributed by atoms with Gasteiger partial charge in [-0.3, -0.25) is 4.40 Å². The van der Waals surface area contributed by atoms with Crippen molar-refractivity contribution in [3.8, 4) is 0 Å². The Labute approximate surface area is 99.3 Å². The second-order valence-corrected chi connectivity index (χ2v) is 4.63. The Hall–Kier alpha value is -1.46. The summed E-state index contributed by atoms with van der Waals surface area (Å²) in [6, 6.07) is 3.44. The highest BCUT2D eigenvalue weighted by Crippen LogP contribution is 2.35. The molecular formula is C12H16N4O. The second-order valence-electron chi connectivity index (χ2n) is 4.63. The van der Waals surface area contributed by atoms with Crippen molar-refractivity contribution in [3.05, 3.63) is 29.7 Å². The molecule has 90 valence electrons. The van der Waals surface area contributed by atoms with Crippen LogP contribution in [0.25, 0.3) is 5.65 Å². The lowest BCUT2D eigenvalue weighted by Crippen LogP contribution is -2.16. The van der Waals surface area contributed by atoms with E-state index in [1.165, 1.54) is 19.3 Å². The molecule has 2 aromatic heterocycles. The molecule has 1 atom stereocenters. The molecule has 1 saturated carbocycles. The maximum absolute atomic E-state index is 9.14. The molecule has 17 heavy (non-hydrogen) atoms. The summed E-state index contributed by atoms with van der Waals surface area (Å²) in [6.07, 6.45) is 5.63. The average Bonchev–Trinajstić information content (AvgIpc) is 2.70. The van der Waals surface area contributed by atoms with Crippen LogP contribution >= 0.6 is 0 Å². The third-order valence-corrected chi connectivity index (χ3v) is 3.56. The summed E-state index contributed by atoms with van der Waals surface area (Å²) in [7, 11) is 0. The fourth-order valence-electron chi connectivity index (χ4n) is 2.29. The first-order valence-electron chi connectivity index (χ1n) is 6.01. The first kappa shape index (κ1) is 10.7. The lowest BCUT2D eigenvalue weighted by molar-refractivity contribution is 0.268. The summed E-state index contributed by atoms with van der Waals surface area (Å²) in [5.41, 5.74) is 7.49. The van der Waals surface area contributed by atoms with Crippen LogP contribution in [0.3, 0.4) is 0 Å². The number of pyridine rings is 1. The van der Waals surface area contributed by atoms with Crippen LogP contribution in [-0.2, 0) is 0 Å². The summed E-state index contributed by atoms with van der Waals surface area (Å²) < 4.78 is 2.01. The van der Waals surface area contributed by atoms with Gasteiger partial charge in [0.15, 0.2) is 5.65 Å². The van der Waals surface area contributed by atoms with Gasteiger partial charge >= 0.3 is 0 Å². The molecule has 0 spiro atoms. The van der Waals surface area contributed by atoms with E-state index in [0.717, 1.165) is 17.0 Å². The molecule has 2 heterocycles. The average molecular weight is 232 g/mol. The van der Waals surface area contributed by atoms with E-state index in [4.69, 9.17) is 10.8 Å². The number of aromatic nitrogens is 3. The predicted octanol–water partition coefficient (Wildman–Crippen LogP) is 0.989. The van der Waals surface area contributed by atoms with Crippen molar-refractivity contribution in [2.75, 3.05) is 6.61 Å². The van der Waals surface area contributed by atoms with Gasteiger partial charge in [-0.25, -0.2) is 0 Å². The Kier molecular flexibility index (Phi) is 2.57. The van der Waals surface area contributed by atoms with E-state index in [0.29, 0.717) is 5.92 Å². The number of hydrogen-bond donors (Lipinski definition) is 2. The Morgan fingerprint density at radius 2 is 2.29 bits per heavy atom. The molecule has 2 aromatic rings. The molecule has 0 radical (unpaired) electrons. The molecule has 1 aliphatic carbocycles. The van der Waals surface area contributed by atoms with Crippen LogP contribution in [0.1, 0.15) is 42.6 Å². The monoisotopic (exact) mass is 232 g/mol. The number of nitrogens with two attached hydrogens (primary N) is 1. The first-order chi connectivity index (χ1) is 8.31. The van der Waals surface area contributed by atoms with E-state index in [9.17, 15) is 0 Å². The quantitative estimate of drug-likeness (QED) is 0.827. The fraction of sp³-hybridized carbons (Fsp3) is 0.500. The van der Waals surface area contributed by atoms with Gasteiger partial charge in [0.2, 0.25) is 0 Å². The van der Waals surface area contributed by atoms with Gasteiger partial charge in [0.1, 0.15) is 5.82 Å². The second kappa shape index (κ2) is 4.09. The summed E-state index contributed by atoms with van der Waals surface area (Å²) in [4.78, 5) is 0. The molecule has 0 saturated heterocycles. The third-order valence-electron chi connectivity index (χ3n) is 3.56. The van der Waals surface area contributed by atoms with E-state index in [-0.39, 0.29) is 6.61 Å². The minimum atomic E-state index is -0.392. The molecule has 1 aliphatic rings. The lowest BCUT2D eigenvalue weighted by Gasteiger charge is -2.23. The predicted molar refractivity (Wildman–Crippen MR) is 63.6 cm³/mol. The van der Waals surface area contributed by atoms with Gasteiger partial charge in [0.25, 0.3) is 0 Å². The van der Waals surface area contributed by atoms with Crippen LogP contribution in [0.4, 0.5) is 0 Å². The van der Waals surface area contributed by atoms with Crippen molar-refractivity contribution in [2.24, 2.45) is 5.73 Å². The number of rotatable bonds is 3. The summed E-state index contributed by atoms with van der Waals surface area (Å²) in [6.45, 7) is -0.0781. The van der Waals surface area contributed by atoms with Gasteiger partial charge in [-0.15, -0.1) is 10.2 Å². The van der Waals surface area contributed by atoms with E-state index in [2.05, 4.69) is 10.2 Å². The normalized spacial score (nSPS) is 18.2. The zero-order valence-corrected chi connectivity index (χ0v) is 9.58. The summed E-state index contributed by atoms with van der Waals surface area (Å²) in [5.74, 6) is 1.56. The summed E-state index contributed by atoms with van der Waals surface area (Å²) in [5, 5.41) is 17.6.